The standard InChI is InChI=1S/C16H20N2O/c1-4-5-11-17-12(2)15-13(3)19-18-16(15)14-9-7-6-8-10-14/h6-10,17H,2,4-5,11H2,1,3H3. The molecule has 0 aliphatic carbocycles. The van der Waals surface area contributed by atoms with Gasteiger partial charge in [-0.3, -0.25) is 0 Å². The molecule has 0 radical (unpaired) electrons. The first kappa shape index (κ1) is 13.4. The number of nitrogens with one attached hydrogen (secondary N) is 1. The highest BCUT2D eigenvalue weighted by atomic mass is 16.5. The van der Waals surface area contributed by atoms with Crippen LogP contribution in [0.3, 0.4) is 0 Å². The number of hydrogen-bond donors (Lipinski definition) is 1. The third kappa shape index (κ3) is 3.05. The molecule has 0 fully saturated rings. The summed E-state index contributed by atoms with van der Waals surface area (Å²) in [6.45, 7) is 9.12. The molecule has 3 heteroatoms. The minimum Gasteiger partial charge on any atom is -0.385 e. The van der Waals surface area contributed by atoms with Crippen molar-refractivity contribution in [2.24, 2.45) is 0 Å². The zero-order chi connectivity index (χ0) is 13.7. The van der Waals surface area contributed by atoms with Crippen LogP contribution in [-0.4, -0.2) is 11.7 Å². The Morgan fingerprint density at radius 1 is 1.32 bits per heavy atom. The number of unbranched alkanes of at least 4 members (excludes halogenated alkanes) is 1. The Hall–Kier alpha value is -2.03. The number of aromatic nitrogens is 1. The van der Waals surface area contributed by atoms with E-state index in [-0.39, 0.29) is 0 Å². The molecule has 1 N–H and O–H groups in total. The van der Waals surface area contributed by atoms with Crippen molar-refractivity contribution in [1.29, 1.82) is 0 Å². The van der Waals surface area contributed by atoms with Crippen molar-refractivity contribution in [2.45, 2.75) is 26.7 Å². The van der Waals surface area contributed by atoms with Gasteiger partial charge in [-0.15, -0.1) is 0 Å². The van der Waals surface area contributed by atoms with Gasteiger partial charge in [0.1, 0.15) is 11.5 Å². The van der Waals surface area contributed by atoms with Crippen LogP contribution in [-0.2, 0) is 0 Å². The average Bonchev–Trinajstić information content (AvgIpc) is 2.82. The lowest BCUT2D eigenvalue weighted by Crippen LogP contribution is -2.13. The van der Waals surface area contributed by atoms with E-state index in [1.807, 2.05) is 37.3 Å². The molecular weight excluding hydrogens is 236 g/mol. The van der Waals surface area contributed by atoms with Crippen LogP contribution in [0.2, 0.25) is 0 Å². The summed E-state index contributed by atoms with van der Waals surface area (Å²) in [4.78, 5) is 0. The van der Waals surface area contributed by atoms with Gasteiger partial charge in [0.05, 0.1) is 5.56 Å². The summed E-state index contributed by atoms with van der Waals surface area (Å²) in [5.41, 5.74) is 3.76. The maximum absolute atomic E-state index is 5.33. The fourth-order valence-electron chi connectivity index (χ4n) is 2.03. The van der Waals surface area contributed by atoms with Crippen LogP contribution in [0.4, 0.5) is 0 Å². The van der Waals surface area contributed by atoms with E-state index in [0.29, 0.717) is 0 Å². The third-order valence-electron chi connectivity index (χ3n) is 3.08. The smallest absolute Gasteiger partial charge is 0.143 e. The summed E-state index contributed by atoms with van der Waals surface area (Å²) >= 11 is 0. The maximum Gasteiger partial charge on any atom is 0.143 e. The molecule has 3 nitrogen and oxygen atoms in total. The lowest BCUT2D eigenvalue weighted by molar-refractivity contribution is 0.399. The number of rotatable bonds is 6. The van der Waals surface area contributed by atoms with Gasteiger partial charge in [0.2, 0.25) is 0 Å². The molecule has 0 unspecified atom stereocenters. The SMILES string of the molecule is C=C(NCCCC)c1c(-c2ccccc2)noc1C. The Morgan fingerprint density at radius 2 is 2.05 bits per heavy atom. The summed E-state index contributed by atoms with van der Waals surface area (Å²) in [7, 11) is 0. The first-order chi connectivity index (χ1) is 9.24. The lowest BCUT2D eigenvalue weighted by Gasteiger charge is -2.09. The average molecular weight is 256 g/mol. The van der Waals surface area contributed by atoms with Gasteiger partial charge in [0, 0.05) is 17.8 Å². The fourth-order valence-corrected chi connectivity index (χ4v) is 2.03. The van der Waals surface area contributed by atoms with Gasteiger partial charge in [-0.05, 0) is 13.3 Å². The number of hydrogen-bond acceptors (Lipinski definition) is 3. The van der Waals surface area contributed by atoms with Crippen LogP contribution in [0.25, 0.3) is 17.0 Å². The first-order valence-electron chi connectivity index (χ1n) is 6.69. The Labute approximate surface area is 114 Å². The number of aryl methyl sites for hydroxylation is 1. The van der Waals surface area contributed by atoms with E-state index in [4.69, 9.17) is 4.52 Å². The van der Waals surface area contributed by atoms with Crippen molar-refractivity contribution in [3.8, 4) is 11.3 Å². The molecule has 2 rings (SSSR count). The second kappa shape index (κ2) is 6.23. The molecule has 0 atom stereocenters. The molecule has 0 aliphatic rings. The second-order valence-electron chi connectivity index (χ2n) is 4.59. The van der Waals surface area contributed by atoms with Gasteiger partial charge in [-0.1, -0.05) is 55.4 Å². The minimum atomic E-state index is 0.799. The van der Waals surface area contributed by atoms with Crippen LogP contribution in [0.1, 0.15) is 31.1 Å². The molecule has 19 heavy (non-hydrogen) atoms. The van der Waals surface area contributed by atoms with Crippen LogP contribution >= 0.6 is 0 Å². The van der Waals surface area contributed by atoms with Gasteiger partial charge in [-0.2, -0.15) is 0 Å². The molecule has 1 aromatic carbocycles. The topological polar surface area (TPSA) is 38.1 Å². The summed E-state index contributed by atoms with van der Waals surface area (Å²) in [6.07, 6.45) is 2.29. The predicted molar refractivity (Wildman–Crippen MR) is 78.6 cm³/mol. The molecule has 0 saturated heterocycles. The van der Waals surface area contributed by atoms with Gasteiger partial charge in [-0.25, -0.2) is 0 Å². The van der Waals surface area contributed by atoms with Gasteiger partial charge in [0.15, 0.2) is 0 Å². The maximum atomic E-state index is 5.33. The molecule has 0 spiro atoms. The highest BCUT2D eigenvalue weighted by Gasteiger charge is 2.16. The number of nitrogens with zero attached hydrogens (tertiary/aromatic N) is 1. The Kier molecular flexibility index (Phi) is 4.39. The Bertz CT molecular complexity index is 543. The van der Waals surface area contributed by atoms with Gasteiger partial charge >= 0.3 is 0 Å². The van der Waals surface area contributed by atoms with E-state index >= 15 is 0 Å². The third-order valence-corrected chi connectivity index (χ3v) is 3.08. The zero-order valence-corrected chi connectivity index (χ0v) is 11.6. The van der Waals surface area contributed by atoms with E-state index in [1.165, 1.54) is 0 Å². The molecule has 1 aromatic heterocycles. The van der Waals surface area contributed by atoms with Crippen molar-refractivity contribution >= 4 is 5.70 Å². The van der Waals surface area contributed by atoms with Crippen LogP contribution < -0.4 is 5.32 Å². The molecule has 0 bridgehead atoms. The molecule has 100 valence electrons. The van der Waals surface area contributed by atoms with Crippen molar-refractivity contribution < 1.29 is 4.52 Å². The summed E-state index contributed by atoms with van der Waals surface area (Å²) < 4.78 is 5.33. The fraction of sp³-hybridized carbons (Fsp3) is 0.312. The molecule has 0 aliphatic heterocycles. The van der Waals surface area contributed by atoms with Crippen molar-refractivity contribution in [2.75, 3.05) is 6.54 Å². The molecule has 0 saturated carbocycles. The molecule has 1 heterocycles. The van der Waals surface area contributed by atoms with Gasteiger partial charge in [0.25, 0.3) is 0 Å². The van der Waals surface area contributed by atoms with Crippen molar-refractivity contribution in [1.82, 2.24) is 10.5 Å². The lowest BCUT2D eigenvalue weighted by atomic mass is 10.0. The zero-order valence-electron chi connectivity index (χ0n) is 11.6. The van der Waals surface area contributed by atoms with E-state index in [2.05, 4.69) is 24.0 Å². The highest BCUT2D eigenvalue weighted by Crippen LogP contribution is 2.28. The number of benzene rings is 1. The summed E-state index contributed by atoms with van der Waals surface area (Å²) in [5, 5.41) is 7.50. The predicted octanol–water partition coefficient (Wildman–Crippen LogP) is 4.01. The van der Waals surface area contributed by atoms with Crippen LogP contribution in [0.5, 0.6) is 0 Å². The monoisotopic (exact) mass is 256 g/mol. The minimum absolute atomic E-state index is 0.799. The summed E-state index contributed by atoms with van der Waals surface area (Å²) in [6, 6.07) is 10.0. The largest absolute Gasteiger partial charge is 0.385 e. The van der Waals surface area contributed by atoms with Gasteiger partial charge < -0.3 is 9.84 Å². The molecule has 0 amide bonds. The second-order valence-corrected chi connectivity index (χ2v) is 4.59. The van der Waals surface area contributed by atoms with Crippen molar-refractivity contribution in [3.63, 3.8) is 0 Å². The van der Waals surface area contributed by atoms with E-state index in [9.17, 15) is 0 Å². The van der Waals surface area contributed by atoms with Crippen LogP contribution in [0, 0.1) is 6.92 Å². The highest BCUT2D eigenvalue weighted by molar-refractivity contribution is 5.77. The van der Waals surface area contributed by atoms with E-state index < -0.39 is 0 Å². The quantitative estimate of drug-likeness (QED) is 0.793. The van der Waals surface area contributed by atoms with E-state index in [0.717, 1.165) is 47.7 Å². The molecule has 2 aromatic rings. The first-order valence-corrected chi connectivity index (χ1v) is 6.69. The van der Waals surface area contributed by atoms with Crippen molar-refractivity contribution in [3.05, 3.63) is 48.2 Å². The molecular formula is C16H20N2O. The normalized spacial score (nSPS) is 10.4. The summed E-state index contributed by atoms with van der Waals surface area (Å²) in [5.74, 6) is 0.799. The van der Waals surface area contributed by atoms with Crippen LogP contribution in [0.15, 0.2) is 41.4 Å². The Balaban J connectivity index is 2.25. The van der Waals surface area contributed by atoms with E-state index in [1.54, 1.807) is 0 Å². The Morgan fingerprint density at radius 3 is 2.74 bits per heavy atom.